The average Bonchev–Trinajstić information content (AvgIpc) is 3.23. The molecular weight excluding hydrogens is 360 g/mol. The second kappa shape index (κ2) is 8.31. The summed E-state index contributed by atoms with van der Waals surface area (Å²) < 4.78 is 28.3. The van der Waals surface area contributed by atoms with Crippen LogP contribution in [0.25, 0.3) is 0 Å². The van der Waals surface area contributed by atoms with Gasteiger partial charge in [0.2, 0.25) is 15.9 Å². The lowest BCUT2D eigenvalue weighted by atomic mass is 9.84. The zero-order chi connectivity index (χ0) is 19.6. The van der Waals surface area contributed by atoms with Gasteiger partial charge in [-0.05, 0) is 80.5 Å². The van der Waals surface area contributed by atoms with E-state index >= 15 is 0 Å². The summed E-state index contributed by atoms with van der Waals surface area (Å²) in [5.41, 5.74) is 0.629. The highest BCUT2D eigenvalue weighted by molar-refractivity contribution is 7.89. The van der Waals surface area contributed by atoms with Gasteiger partial charge in [0.1, 0.15) is 0 Å². The molecule has 1 aromatic rings. The first-order valence-corrected chi connectivity index (χ1v) is 11.6. The van der Waals surface area contributed by atoms with Gasteiger partial charge in [-0.3, -0.25) is 4.79 Å². The third-order valence-electron chi connectivity index (χ3n) is 6.17. The molecule has 2 fully saturated rings. The molecule has 0 radical (unpaired) electrons. The summed E-state index contributed by atoms with van der Waals surface area (Å²) in [4.78, 5) is 12.2. The molecule has 150 valence electrons. The van der Waals surface area contributed by atoms with E-state index in [1.165, 1.54) is 19.3 Å². The summed E-state index contributed by atoms with van der Waals surface area (Å²) in [6.45, 7) is 6.15. The molecule has 0 aliphatic heterocycles. The quantitative estimate of drug-likeness (QED) is 0.697. The van der Waals surface area contributed by atoms with E-state index in [9.17, 15) is 13.2 Å². The summed E-state index contributed by atoms with van der Waals surface area (Å²) >= 11 is 0. The van der Waals surface area contributed by atoms with Crippen LogP contribution < -0.4 is 10.0 Å². The molecule has 0 heterocycles. The molecule has 2 aliphatic carbocycles. The predicted molar refractivity (Wildman–Crippen MR) is 108 cm³/mol. The van der Waals surface area contributed by atoms with Gasteiger partial charge in [-0.25, -0.2) is 13.1 Å². The van der Waals surface area contributed by atoms with E-state index in [1.807, 2.05) is 6.92 Å². The fourth-order valence-corrected chi connectivity index (χ4v) is 5.96. The van der Waals surface area contributed by atoms with E-state index in [-0.39, 0.29) is 16.8 Å². The third-order valence-corrected chi connectivity index (χ3v) is 7.75. The van der Waals surface area contributed by atoms with Gasteiger partial charge in [0.25, 0.3) is 0 Å². The molecule has 1 aromatic carbocycles. The van der Waals surface area contributed by atoms with Crippen LogP contribution in [-0.4, -0.2) is 20.4 Å². The van der Waals surface area contributed by atoms with Crippen molar-refractivity contribution in [3.8, 4) is 0 Å². The van der Waals surface area contributed by atoms with E-state index in [1.54, 1.807) is 24.3 Å². The molecule has 2 bridgehead atoms. The minimum atomic E-state index is -3.54. The minimum Gasteiger partial charge on any atom is -0.326 e. The fourth-order valence-electron chi connectivity index (χ4n) is 4.67. The van der Waals surface area contributed by atoms with Crippen molar-refractivity contribution >= 4 is 21.6 Å². The van der Waals surface area contributed by atoms with Crippen molar-refractivity contribution < 1.29 is 13.2 Å². The minimum absolute atomic E-state index is 0.0395. The van der Waals surface area contributed by atoms with E-state index < -0.39 is 10.0 Å². The van der Waals surface area contributed by atoms with Crippen molar-refractivity contribution in [2.75, 3.05) is 5.32 Å². The first-order chi connectivity index (χ1) is 12.7. The van der Waals surface area contributed by atoms with Gasteiger partial charge in [-0.1, -0.05) is 20.3 Å². The van der Waals surface area contributed by atoms with Gasteiger partial charge in [-0.15, -0.1) is 0 Å². The van der Waals surface area contributed by atoms with Crippen LogP contribution in [-0.2, 0) is 14.8 Å². The van der Waals surface area contributed by atoms with Crippen LogP contribution in [0.15, 0.2) is 29.2 Å². The Morgan fingerprint density at radius 3 is 2.37 bits per heavy atom. The molecule has 1 amide bonds. The summed E-state index contributed by atoms with van der Waals surface area (Å²) in [5.74, 6) is 2.37. The van der Waals surface area contributed by atoms with E-state index in [4.69, 9.17) is 0 Å². The van der Waals surface area contributed by atoms with Crippen molar-refractivity contribution in [1.82, 2.24) is 4.72 Å². The Kier molecular flexibility index (Phi) is 6.26. The van der Waals surface area contributed by atoms with Gasteiger partial charge >= 0.3 is 0 Å². The third kappa shape index (κ3) is 5.11. The Balaban J connectivity index is 1.57. The molecule has 2 N–H and O–H groups in total. The number of benzene rings is 1. The molecule has 0 saturated heterocycles. The molecule has 4 atom stereocenters. The van der Waals surface area contributed by atoms with E-state index in [0.29, 0.717) is 29.9 Å². The molecular formula is C21H32N2O3S. The molecule has 3 rings (SSSR count). The predicted octanol–water partition coefficient (Wildman–Crippen LogP) is 4.16. The highest BCUT2D eigenvalue weighted by atomic mass is 32.2. The number of sulfonamides is 1. The Labute approximate surface area is 163 Å². The first kappa shape index (κ1) is 20.3. The summed E-state index contributed by atoms with van der Waals surface area (Å²) in [7, 11) is -3.54. The molecule has 5 nitrogen and oxygen atoms in total. The largest absolute Gasteiger partial charge is 0.326 e. The lowest BCUT2D eigenvalue weighted by Crippen LogP contribution is -2.40. The van der Waals surface area contributed by atoms with Crippen molar-refractivity contribution in [3.63, 3.8) is 0 Å². The number of carbonyl (C=O) groups excluding carboxylic acids is 1. The maximum atomic E-state index is 12.7. The molecule has 2 aliphatic rings. The van der Waals surface area contributed by atoms with Crippen LogP contribution in [0.5, 0.6) is 0 Å². The fraction of sp³-hybridized carbons (Fsp3) is 0.667. The number of hydrogen-bond donors (Lipinski definition) is 2. The lowest BCUT2D eigenvalue weighted by molar-refractivity contribution is -0.116. The molecule has 0 unspecified atom stereocenters. The number of anilines is 1. The number of nitrogens with one attached hydrogen (secondary N) is 2. The van der Waals surface area contributed by atoms with Gasteiger partial charge < -0.3 is 5.32 Å². The first-order valence-electron chi connectivity index (χ1n) is 10.2. The van der Waals surface area contributed by atoms with E-state index in [0.717, 1.165) is 18.8 Å². The molecule has 27 heavy (non-hydrogen) atoms. The maximum absolute atomic E-state index is 12.7. The van der Waals surface area contributed by atoms with Gasteiger partial charge in [0.15, 0.2) is 0 Å². The summed E-state index contributed by atoms with van der Waals surface area (Å²) in [6, 6.07) is 6.40. The van der Waals surface area contributed by atoms with Crippen molar-refractivity contribution in [3.05, 3.63) is 24.3 Å². The number of amides is 1. The van der Waals surface area contributed by atoms with Crippen LogP contribution in [0.2, 0.25) is 0 Å². The normalized spacial score (nSPS) is 25.7. The second-order valence-corrected chi connectivity index (χ2v) is 10.5. The summed E-state index contributed by atoms with van der Waals surface area (Å²) in [6.07, 6.45) is 6.28. The zero-order valence-electron chi connectivity index (χ0n) is 16.6. The van der Waals surface area contributed by atoms with E-state index in [2.05, 4.69) is 23.9 Å². The van der Waals surface area contributed by atoms with Crippen LogP contribution in [0.1, 0.15) is 59.3 Å². The highest BCUT2D eigenvalue weighted by Gasteiger charge is 2.42. The number of rotatable bonds is 8. The smallest absolute Gasteiger partial charge is 0.240 e. The van der Waals surface area contributed by atoms with Crippen LogP contribution in [0, 0.1) is 23.7 Å². The van der Waals surface area contributed by atoms with Crippen molar-refractivity contribution in [2.24, 2.45) is 23.7 Å². The van der Waals surface area contributed by atoms with Crippen LogP contribution in [0.4, 0.5) is 5.69 Å². The summed E-state index contributed by atoms with van der Waals surface area (Å²) in [5, 5.41) is 2.83. The Hall–Kier alpha value is -1.40. The van der Waals surface area contributed by atoms with Crippen LogP contribution in [0.3, 0.4) is 0 Å². The maximum Gasteiger partial charge on any atom is 0.240 e. The Bertz CT molecular complexity index is 758. The molecule has 0 spiro atoms. The standard InChI is InChI=1S/C21H32N2O3S/c1-14(2)4-11-21(24)22-18-7-9-19(10-8-18)27(25,26)23-15(3)20-13-16-5-6-17(20)12-16/h7-10,14-17,20,23H,4-6,11-13H2,1-3H3,(H,22,24)/t15-,16+,17+,20-/m1/s1. The Morgan fingerprint density at radius 1 is 1.11 bits per heavy atom. The molecule has 2 saturated carbocycles. The number of carbonyl (C=O) groups is 1. The van der Waals surface area contributed by atoms with Gasteiger partial charge in [0.05, 0.1) is 4.90 Å². The monoisotopic (exact) mass is 392 g/mol. The second-order valence-electron chi connectivity index (χ2n) is 8.75. The number of hydrogen-bond acceptors (Lipinski definition) is 3. The topological polar surface area (TPSA) is 75.3 Å². The SMILES string of the molecule is CC(C)CCC(=O)Nc1ccc(S(=O)(=O)N[C@H](C)[C@H]2C[C@H]3CC[C@H]2C3)cc1. The highest BCUT2D eigenvalue weighted by Crippen LogP contribution is 2.49. The van der Waals surface area contributed by atoms with Crippen LogP contribution >= 0.6 is 0 Å². The zero-order valence-corrected chi connectivity index (χ0v) is 17.4. The molecule has 6 heteroatoms. The van der Waals surface area contributed by atoms with Crippen molar-refractivity contribution in [2.45, 2.75) is 70.2 Å². The van der Waals surface area contributed by atoms with Crippen molar-refractivity contribution in [1.29, 1.82) is 0 Å². The lowest BCUT2D eigenvalue weighted by Gasteiger charge is -2.28. The number of fused-ring (bicyclic) bond motifs is 2. The molecule has 0 aromatic heterocycles. The average molecular weight is 393 g/mol. The van der Waals surface area contributed by atoms with Gasteiger partial charge in [0, 0.05) is 18.2 Å². The van der Waals surface area contributed by atoms with Gasteiger partial charge in [-0.2, -0.15) is 0 Å². The Morgan fingerprint density at radius 2 is 1.81 bits per heavy atom.